The van der Waals surface area contributed by atoms with Crippen LogP contribution in [0.3, 0.4) is 0 Å². The van der Waals surface area contributed by atoms with Gasteiger partial charge in [0.15, 0.2) is 17.5 Å². The Morgan fingerprint density at radius 2 is 1.92 bits per heavy atom. The van der Waals surface area contributed by atoms with Crippen LogP contribution in [-0.4, -0.2) is 37.6 Å². The molecule has 6 heteroatoms. The first-order chi connectivity index (χ1) is 12.8. The van der Waals surface area contributed by atoms with Gasteiger partial charge in [0.05, 0.1) is 13.2 Å². The molecule has 1 aliphatic rings. The Balaban J connectivity index is 1.61. The van der Waals surface area contributed by atoms with E-state index in [2.05, 4.69) is 15.6 Å². The molecule has 2 aromatic carbocycles. The van der Waals surface area contributed by atoms with E-state index >= 15 is 0 Å². The molecule has 1 atom stereocenters. The quantitative estimate of drug-likeness (QED) is 0.525. The fourth-order valence-corrected chi connectivity index (χ4v) is 2.78. The molecule has 1 aliphatic heterocycles. The monoisotopic (exact) mass is 355 g/mol. The normalized spacial score (nSPS) is 14.2. The van der Waals surface area contributed by atoms with Gasteiger partial charge in [-0.3, -0.25) is 0 Å². The minimum Gasteiger partial charge on any atom is -0.454 e. The summed E-state index contributed by atoms with van der Waals surface area (Å²) in [6.07, 6.45) is 0. The number of aliphatic imine (C=N–C) groups is 1. The van der Waals surface area contributed by atoms with Crippen LogP contribution < -0.4 is 20.1 Å². The molecule has 0 amide bonds. The van der Waals surface area contributed by atoms with Crippen LogP contribution in [0.25, 0.3) is 0 Å². The van der Waals surface area contributed by atoms with Gasteiger partial charge in [0, 0.05) is 19.0 Å². The summed E-state index contributed by atoms with van der Waals surface area (Å²) in [5.41, 5.74) is 2.15. The minimum absolute atomic E-state index is 0.0191. The van der Waals surface area contributed by atoms with E-state index in [1.54, 1.807) is 0 Å². The molecular formula is C20H25N3O3. The fraction of sp³-hybridized carbons (Fsp3) is 0.350. The summed E-state index contributed by atoms with van der Waals surface area (Å²) in [5.74, 6) is 2.28. The fourth-order valence-electron chi connectivity index (χ4n) is 2.78. The van der Waals surface area contributed by atoms with E-state index in [1.165, 1.54) is 0 Å². The molecule has 0 saturated heterocycles. The van der Waals surface area contributed by atoms with E-state index in [1.807, 2.05) is 55.5 Å². The van der Waals surface area contributed by atoms with Gasteiger partial charge in [-0.15, -0.1) is 0 Å². The van der Waals surface area contributed by atoms with Gasteiger partial charge in [-0.1, -0.05) is 36.4 Å². The number of aliphatic hydroxyl groups excluding tert-OH is 1. The van der Waals surface area contributed by atoms with Crippen molar-refractivity contribution >= 4 is 5.96 Å². The van der Waals surface area contributed by atoms with Gasteiger partial charge in [-0.05, 0) is 30.2 Å². The van der Waals surface area contributed by atoms with Crippen LogP contribution in [0.1, 0.15) is 24.0 Å². The minimum atomic E-state index is 0.0191. The lowest BCUT2D eigenvalue weighted by Crippen LogP contribution is -2.39. The second-order valence-electron chi connectivity index (χ2n) is 6.05. The van der Waals surface area contributed by atoms with Crippen LogP contribution in [0.5, 0.6) is 11.5 Å². The summed E-state index contributed by atoms with van der Waals surface area (Å²) >= 11 is 0. The van der Waals surface area contributed by atoms with E-state index in [4.69, 9.17) is 9.47 Å². The van der Waals surface area contributed by atoms with Gasteiger partial charge < -0.3 is 25.2 Å². The van der Waals surface area contributed by atoms with Gasteiger partial charge in [-0.2, -0.15) is 0 Å². The van der Waals surface area contributed by atoms with E-state index in [9.17, 15) is 5.11 Å². The Bertz CT molecular complexity index is 734. The molecule has 0 aromatic heterocycles. The highest BCUT2D eigenvalue weighted by Gasteiger charge is 2.13. The molecule has 0 spiro atoms. The number of fused-ring (bicyclic) bond motifs is 1. The molecule has 0 saturated carbocycles. The second-order valence-corrected chi connectivity index (χ2v) is 6.05. The Hall–Kier alpha value is -2.73. The number of aliphatic hydroxyl groups is 1. The number of guanidine groups is 1. The highest BCUT2D eigenvalue weighted by atomic mass is 16.7. The molecule has 2 aromatic rings. The number of rotatable bonds is 7. The Labute approximate surface area is 153 Å². The zero-order valence-electron chi connectivity index (χ0n) is 14.9. The summed E-state index contributed by atoms with van der Waals surface area (Å²) in [4.78, 5) is 4.63. The van der Waals surface area contributed by atoms with Crippen molar-refractivity contribution in [2.75, 3.05) is 26.5 Å². The lowest BCUT2D eigenvalue weighted by atomic mass is 10.0. The number of hydrogen-bond acceptors (Lipinski definition) is 4. The predicted octanol–water partition coefficient (Wildman–Crippen LogP) is 2.25. The Morgan fingerprint density at radius 3 is 2.69 bits per heavy atom. The number of nitrogens with zero attached hydrogens (tertiary/aromatic N) is 1. The van der Waals surface area contributed by atoms with Crippen molar-refractivity contribution in [2.24, 2.45) is 4.99 Å². The molecule has 26 heavy (non-hydrogen) atoms. The summed E-state index contributed by atoms with van der Waals surface area (Å²) in [5, 5.41) is 16.2. The summed E-state index contributed by atoms with van der Waals surface area (Å²) < 4.78 is 10.7. The molecule has 0 fully saturated rings. The molecule has 138 valence electrons. The number of nitrogens with one attached hydrogen (secondary N) is 2. The van der Waals surface area contributed by atoms with Crippen molar-refractivity contribution in [3.63, 3.8) is 0 Å². The first kappa shape index (κ1) is 18.1. The largest absolute Gasteiger partial charge is 0.454 e. The lowest BCUT2D eigenvalue weighted by molar-refractivity contribution is 0.174. The van der Waals surface area contributed by atoms with Crippen LogP contribution >= 0.6 is 0 Å². The molecule has 3 N–H and O–H groups in total. The highest BCUT2D eigenvalue weighted by molar-refractivity contribution is 5.79. The average Bonchev–Trinajstić information content (AvgIpc) is 3.15. The van der Waals surface area contributed by atoms with Gasteiger partial charge in [0.2, 0.25) is 6.79 Å². The molecule has 0 radical (unpaired) electrons. The van der Waals surface area contributed by atoms with Crippen LogP contribution in [0.15, 0.2) is 53.5 Å². The second kappa shape index (κ2) is 9.10. The van der Waals surface area contributed by atoms with Gasteiger partial charge in [0.25, 0.3) is 0 Å². The van der Waals surface area contributed by atoms with Gasteiger partial charge in [-0.25, -0.2) is 4.99 Å². The molecule has 3 rings (SSSR count). The van der Waals surface area contributed by atoms with Crippen molar-refractivity contribution in [3.8, 4) is 11.5 Å². The third-order valence-corrected chi connectivity index (χ3v) is 4.21. The maximum absolute atomic E-state index is 9.69. The molecule has 0 bridgehead atoms. The molecule has 1 unspecified atom stereocenters. The lowest BCUT2D eigenvalue weighted by Gasteiger charge is -2.18. The zero-order chi connectivity index (χ0) is 18.2. The van der Waals surface area contributed by atoms with E-state index in [0.717, 1.165) is 35.1 Å². The van der Waals surface area contributed by atoms with Crippen LogP contribution in [0.2, 0.25) is 0 Å². The zero-order valence-corrected chi connectivity index (χ0v) is 14.9. The smallest absolute Gasteiger partial charge is 0.231 e. The standard InChI is InChI=1S/C20H25N3O3/c1-2-21-20(23-12-17(13-24)16-6-4-3-5-7-16)22-11-15-8-9-18-19(10-15)26-14-25-18/h3-10,17,24H,2,11-14H2,1H3,(H2,21,22,23). The van der Waals surface area contributed by atoms with Crippen molar-refractivity contribution in [2.45, 2.75) is 19.4 Å². The topological polar surface area (TPSA) is 75.1 Å². The van der Waals surface area contributed by atoms with Crippen molar-refractivity contribution in [3.05, 3.63) is 59.7 Å². The highest BCUT2D eigenvalue weighted by Crippen LogP contribution is 2.32. The summed E-state index contributed by atoms with van der Waals surface area (Å²) in [6, 6.07) is 15.8. The first-order valence-corrected chi connectivity index (χ1v) is 8.86. The predicted molar refractivity (Wildman–Crippen MR) is 102 cm³/mol. The third kappa shape index (κ3) is 4.67. The first-order valence-electron chi connectivity index (χ1n) is 8.86. The number of hydrogen-bond donors (Lipinski definition) is 3. The van der Waals surface area contributed by atoms with Crippen molar-refractivity contribution in [1.82, 2.24) is 10.6 Å². The van der Waals surface area contributed by atoms with E-state index in [-0.39, 0.29) is 19.3 Å². The molecule has 0 aliphatic carbocycles. The molecular weight excluding hydrogens is 330 g/mol. The maximum Gasteiger partial charge on any atom is 0.231 e. The van der Waals surface area contributed by atoms with Crippen LogP contribution in [0.4, 0.5) is 0 Å². The van der Waals surface area contributed by atoms with Crippen molar-refractivity contribution < 1.29 is 14.6 Å². The Morgan fingerprint density at radius 1 is 1.12 bits per heavy atom. The van der Waals surface area contributed by atoms with Crippen LogP contribution in [0, 0.1) is 0 Å². The average molecular weight is 355 g/mol. The number of benzene rings is 2. The number of ether oxygens (including phenoxy) is 2. The molecule has 6 nitrogen and oxygen atoms in total. The van der Waals surface area contributed by atoms with E-state index in [0.29, 0.717) is 13.1 Å². The van der Waals surface area contributed by atoms with E-state index < -0.39 is 0 Å². The molecule has 1 heterocycles. The van der Waals surface area contributed by atoms with Crippen LogP contribution in [-0.2, 0) is 6.54 Å². The SMILES string of the molecule is CCNC(=NCc1ccc2c(c1)OCO2)NCC(CO)c1ccccc1. The van der Waals surface area contributed by atoms with Gasteiger partial charge in [0.1, 0.15) is 0 Å². The third-order valence-electron chi connectivity index (χ3n) is 4.21. The summed E-state index contributed by atoms with van der Waals surface area (Å²) in [6.45, 7) is 4.28. The maximum atomic E-state index is 9.69. The van der Waals surface area contributed by atoms with Crippen molar-refractivity contribution in [1.29, 1.82) is 0 Å². The summed E-state index contributed by atoms with van der Waals surface area (Å²) in [7, 11) is 0. The van der Waals surface area contributed by atoms with Gasteiger partial charge >= 0.3 is 0 Å². The Kier molecular flexibility index (Phi) is 6.33.